The van der Waals surface area contributed by atoms with Crippen LogP contribution in [-0.2, 0) is 12.8 Å². The smallest absolute Gasteiger partial charge is 0.227 e. The van der Waals surface area contributed by atoms with Crippen LogP contribution >= 0.6 is 0 Å². The molecule has 0 aliphatic heterocycles. The molecule has 0 fully saturated rings. The highest BCUT2D eigenvalue weighted by atomic mass is 19.1. The zero-order valence-electron chi connectivity index (χ0n) is 16.0. The summed E-state index contributed by atoms with van der Waals surface area (Å²) in [6, 6.07) is 15.5. The number of hydrogen-bond acceptors (Lipinski definition) is 4. The highest BCUT2D eigenvalue weighted by Gasteiger charge is 2.11. The number of halogens is 1. The Labute approximate surface area is 160 Å². The molecule has 3 rings (SSSR count). The number of hydrogen-bond donors (Lipinski definition) is 0. The largest absolute Gasteiger partial charge is 0.339 e. The first-order chi connectivity index (χ1) is 13.2. The van der Waals surface area contributed by atoms with E-state index in [0.29, 0.717) is 22.8 Å². The fourth-order valence-corrected chi connectivity index (χ4v) is 3.02. The number of aryl methyl sites for hydroxylation is 2. The molecule has 1 aromatic heterocycles. The third kappa shape index (κ3) is 5.47. The summed E-state index contributed by atoms with van der Waals surface area (Å²) in [6.07, 6.45) is 2.73. The average molecular weight is 367 g/mol. The van der Waals surface area contributed by atoms with Crippen molar-refractivity contribution < 1.29 is 8.91 Å². The molecule has 5 heteroatoms. The zero-order chi connectivity index (χ0) is 19.1. The molecule has 3 aromatic rings. The van der Waals surface area contributed by atoms with Gasteiger partial charge in [0.2, 0.25) is 11.7 Å². The minimum absolute atomic E-state index is 0.254. The molecule has 0 aliphatic rings. The molecule has 2 aromatic carbocycles. The fourth-order valence-electron chi connectivity index (χ4n) is 3.02. The van der Waals surface area contributed by atoms with Gasteiger partial charge in [-0.3, -0.25) is 0 Å². The Hall–Kier alpha value is -2.53. The van der Waals surface area contributed by atoms with E-state index in [4.69, 9.17) is 4.52 Å². The van der Waals surface area contributed by atoms with Crippen molar-refractivity contribution in [2.24, 2.45) is 0 Å². The summed E-state index contributed by atoms with van der Waals surface area (Å²) >= 11 is 0. The van der Waals surface area contributed by atoms with Crippen LogP contribution < -0.4 is 0 Å². The summed E-state index contributed by atoms with van der Waals surface area (Å²) in [4.78, 5) is 6.83. The predicted octanol–water partition coefficient (Wildman–Crippen LogP) is 4.68. The Morgan fingerprint density at radius 1 is 1.04 bits per heavy atom. The fraction of sp³-hybridized carbons (Fsp3) is 0.364. The van der Waals surface area contributed by atoms with Gasteiger partial charge in [0.1, 0.15) is 5.82 Å². The number of likely N-dealkylation sites (N-methyl/N-ethyl adjacent to an activating group) is 1. The lowest BCUT2D eigenvalue weighted by Gasteiger charge is -2.19. The van der Waals surface area contributed by atoms with E-state index in [2.05, 4.69) is 46.2 Å². The van der Waals surface area contributed by atoms with Crippen LogP contribution in [0.5, 0.6) is 0 Å². The van der Waals surface area contributed by atoms with Gasteiger partial charge >= 0.3 is 0 Å². The van der Waals surface area contributed by atoms with Gasteiger partial charge < -0.3 is 9.42 Å². The van der Waals surface area contributed by atoms with Crippen molar-refractivity contribution in [1.29, 1.82) is 0 Å². The highest BCUT2D eigenvalue weighted by Crippen LogP contribution is 2.19. The van der Waals surface area contributed by atoms with Crippen LogP contribution in [0.3, 0.4) is 0 Å². The van der Waals surface area contributed by atoms with E-state index in [1.54, 1.807) is 13.0 Å². The van der Waals surface area contributed by atoms with Crippen molar-refractivity contribution in [2.45, 2.75) is 33.1 Å². The minimum Gasteiger partial charge on any atom is -0.339 e. The van der Waals surface area contributed by atoms with Gasteiger partial charge in [-0.25, -0.2) is 4.39 Å². The molecule has 0 radical (unpaired) electrons. The van der Waals surface area contributed by atoms with Crippen molar-refractivity contribution in [2.75, 3.05) is 19.6 Å². The Bertz CT molecular complexity index is 848. The molecule has 0 unspecified atom stereocenters. The van der Waals surface area contributed by atoms with Crippen LogP contribution in [0.4, 0.5) is 4.39 Å². The molecule has 0 atom stereocenters. The molecule has 0 saturated heterocycles. The summed E-state index contributed by atoms with van der Waals surface area (Å²) in [5.41, 5.74) is 2.62. The second-order valence-electron chi connectivity index (χ2n) is 6.75. The van der Waals surface area contributed by atoms with E-state index in [-0.39, 0.29) is 5.82 Å². The lowest BCUT2D eigenvalue weighted by atomic mass is 10.1. The summed E-state index contributed by atoms with van der Waals surface area (Å²) in [5, 5.41) is 3.98. The van der Waals surface area contributed by atoms with Crippen molar-refractivity contribution in [3.63, 3.8) is 0 Å². The molecular formula is C22H26FN3O. The third-order valence-electron chi connectivity index (χ3n) is 4.77. The second-order valence-corrected chi connectivity index (χ2v) is 6.75. The normalized spacial score (nSPS) is 11.3. The van der Waals surface area contributed by atoms with Crippen LogP contribution in [0.25, 0.3) is 11.4 Å². The monoisotopic (exact) mass is 367 g/mol. The highest BCUT2D eigenvalue weighted by molar-refractivity contribution is 5.54. The summed E-state index contributed by atoms with van der Waals surface area (Å²) in [5.74, 6) is 0.793. The van der Waals surface area contributed by atoms with Gasteiger partial charge in [0.05, 0.1) is 0 Å². The molecule has 0 aliphatic carbocycles. The average Bonchev–Trinajstić information content (AvgIpc) is 3.16. The van der Waals surface area contributed by atoms with Crippen molar-refractivity contribution >= 4 is 0 Å². The number of nitrogens with zero attached hydrogens (tertiary/aromatic N) is 3. The number of rotatable bonds is 9. The first-order valence-corrected chi connectivity index (χ1v) is 9.51. The Balaban J connectivity index is 1.48. The SMILES string of the molecule is CCN(CCCc1nc(-c2ccc(C)c(F)c2)no1)CCc1ccccc1. The summed E-state index contributed by atoms with van der Waals surface area (Å²) in [7, 11) is 0. The Morgan fingerprint density at radius 3 is 2.59 bits per heavy atom. The van der Waals surface area contributed by atoms with Gasteiger partial charge in [-0.2, -0.15) is 4.98 Å². The molecule has 1 heterocycles. The molecule has 0 spiro atoms. The molecule has 0 bridgehead atoms. The van der Waals surface area contributed by atoms with Gasteiger partial charge in [0, 0.05) is 18.5 Å². The van der Waals surface area contributed by atoms with Crippen LogP contribution in [-0.4, -0.2) is 34.7 Å². The second kappa shape index (κ2) is 9.42. The van der Waals surface area contributed by atoms with Crippen molar-refractivity contribution in [3.05, 3.63) is 71.4 Å². The first kappa shape index (κ1) is 19.2. The van der Waals surface area contributed by atoms with E-state index >= 15 is 0 Å². The topological polar surface area (TPSA) is 42.2 Å². The standard InChI is InChI=1S/C22H26FN3O/c1-3-26(15-13-18-8-5-4-6-9-18)14-7-10-21-24-22(25-27-21)19-12-11-17(2)20(23)16-19/h4-6,8-9,11-12,16H,3,7,10,13-15H2,1-2H3. The van der Waals surface area contributed by atoms with Gasteiger partial charge in [0.15, 0.2) is 0 Å². The van der Waals surface area contributed by atoms with Gasteiger partial charge in [0.25, 0.3) is 0 Å². The molecule has 0 amide bonds. The van der Waals surface area contributed by atoms with Crippen LogP contribution in [0.2, 0.25) is 0 Å². The molecule has 4 nitrogen and oxygen atoms in total. The van der Waals surface area contributed by atoms with Crippen molar-refractivity contribution in [1.82, 2.24) is 15.0 Å². The number of benzene rings is 2. The summed E-state index contributed by atoms with van der Waals surface area (Å²) < 4.78 is 19.0. The molecule has 27 heavy (non-hydrogen) atoms. The maximum absolute atomic E-state index is 13.7. The lowest BCUT2D eigenvalue weighted by Crippen LogP contribution is -2.27. The van der Waals surface area contributed by atoms with Crippen molar-refractivity contribution in [3.8, 4) is 11.4 Å². The predicted molar refractivity (Wildman–Crippen MR) is 105 cm³/mol. The molecule has 0 N–H and O–H groups in total. The third-order valence-corrected chi connectivity index (χ3v) is 4.77. The van der Waals surface area contributed by atoms with Crippen LogP contribution in [0.1, 0.15) is 30.4 Å². The van der Waals surface area contributed by atoms with Gasteiger partial charge in [-0.05, 0) is 50.0 Å². The van der Waals surface area contributed by atoms with Crippen LogP contribution in [0.15, 0.2) is 53.1 Å². The van der Waals surface area contributed by atoms with E-state index < -0.39 is 0 Å². The van der Waals surface area contributed by atoms with Crippen LogP contribution in [0, 0.1) is 12.7 Å². The lowest BCUT2D eigenvalue weighted by molar-refractivity contribution is 0.281. The molecule has 0 saturated carbocycles. The van der Waals surface area contributed by atoms with E-state index in [1.165, 1.54) is 11.6 Å². The Morgan fingerprint density at radius 2 is 1.85 bits per heavy atom. The van der Waals surface area contributed by atoms with Gasteiger partial charge in [-0.1, -0.05) is 54.5 Å². The maximum Gasteiger partial charge on any atom is 0.227 e. The van der Waals surface area contributed by atoms with E-state index in [0.717, 1.165) is 38.9 Å². The van der Waals surface area contributed by atoms with E-state index in [1.807, 2.05) is 12.1 Å². The quantitative estimate of drug-likeness (QED) is 0.551. The maximum atomic E-state index is 13.7. The summed E-state index contributed by atoms with van der Waals surface area (Å²) in [6.45, 7) is 6.96. The molecular weight excluding hydrogens is 341 g/mol. The zero-order valence-corrected chi connectivity index (χ0v) is 16.0. The number of aromatic nitrogens is 2. The minimum atomic E-state index is -0.254. The molecule has 142 valence electrons. The Kier molecular flexibility index (Phi) is 6.71. The van der Waals surface area contributed by atoms with E-state index in [9.17, 15) is 4.39 Å². The van der Waals surface area contributed by atoms with Gasteiger partial charge in [-0.15, -0.1) is 0 Å². The first-order valence-electron chi connectivity index (χ1n) is 9.51.